The number of carboxylic acid groups (broad SMARTS) is 1. The highest BCUT2D eigenvalue weighted by Crippen LogP contribution is 2.63. The maximum absolute atomic E-state index is 14.3. The third-order valence-corrected chi connectivity index (χ3v) is 7.39. The number of rotatable bonds is 4. The first kappa shape index (κ1) is 20.9. The number of aromatic carboxylic acids is 1. The van der Waals surface area contributed by atoms with Crippen LogP contribution >= 0.6 is 11.6 Å². The molecule has 0 aliphatic heterocycles. The molecule has 1 amide bonds. The number of carbonyl (C=O) groups excluding carboxylic acids is 1. The van der Waals surface area contributed by atoms with Crippen LogP contribution in [0.3, 0.4) is 0 Å². The number of carboxylic acids is 1. The first-order valence-corrected chi connectivity index (χ1v) is 11.1. The van der Waals surface area contributed by atoms with Gasteiger partial charge in [0, 0.05) is 28.2 Å². The fourth-order valence-corrected chi connectivity index (χ4v) is 5.37. The summed E-state index contributed by atoms with van der Waals surface area (Å²) in [5.74, 6) is -1.73. The van der Waals surface area contributed by atoms with E-state index < -0.39 is 11.8 Å². The van der Waals surface area contributed by atoms with Crippen molar-refractivity contribution in [2.45, 2.75) is 38.0 Å². The molecule has 1 atom stereocenters. The first-order chi connectivity index (χ1) is 15.4. The van der Waals surface area contributed by atoms with Crippen LogP contribution in [0.4, 0.5) is 10.1 Å². The van der Waals surface area contributed by atoms with Crippen LogP contribution < -0.4 is 5.32 Å². The Hall–Kier alpha value is -2.99. The number of carbonyl (C=O) groups is 2. The molecule has 2 fully saturated rings. The summed E-state index contributed by atoms with van der Waals surface area (Å²) in [7, 11) is 0. The van der Waals surface area contributed by atoms with E-state index in [1.807, 2.05) is 6.07 Å². The monoisotopic (exact) mass is 452 g/mol. The van der Waals surface area contributed by atoms with Gasteiger partial charge in [0.05, 0.1) is 11.1 Å². The van der Waals surface area contributed by atoms with E-state index in [0.29, 0.717) is 15.9 Å². The van der Waals surface area contributed by atoms with Gasteiger partial charge in [-0.05, 0) is 91.5 Å². The largest absolute Gasteiger partial charge is 0.478 e. The molecule has 5 rings (SSSR count). The van der Waals surface area contributed by atoms with Gasteiger partial charge < -0.3 is 10.4 Å². The number of anilines is 1. The molecule has 1 heterocycles. The van der Waals surface area contributed by atoms with Crippen LogP contribution in [0.1, 0.15) is 53.9 Å². The lowest BCUT2D eigenvalue weighted by Crippen LogP contribution is -2.22. The number of aromatic nitrogens is 1. The van der Waals surface area contributed by atoms with Crippen molar-refractivity contribution in [3.05, 3.63) is 70.6 Å². The number of benzene rings is 2. The predicted octanol–water partition coefficient (Wildman–Crippen LogP) is 6.03. The van der Waals surface area contributed by atoms with Gasteiger partial charge in [0.25, 0.3) is 0 Å². The van der Waals surface area contributed by atoms with Crippen LogP contribution in [0.5, 0.6) is 0 Å². The van der Waals surface area contributed by atoms with E-state index in [9.17, 15) is 19.1 Å². The number of hydrogen-bond acceptors (Lipinski definition) is 3. The molecule has 0 unspecified atom stereocenters. The summed E-state index contributed by atoms with van der Waals surface area (Å²) in [5.41, 5.74) is 1.94. The number of nitrogens with one attached hydrogen (secondary N) is 1. The molecule has 2 aromatic carbocycles. The zero-order valence-electron chi connectivity index (χ0n) is 17.3. The summed E-state index contributed by atoms with van der Waals surface area (Å²) >= 11 is 5.91. The predicted molar refractivity (Wildman–Crippen MR) is 120 cm³/mol. The van der Waals surface area contributed by atoms with Crippen LogP contribution in [0.15, 0.2) is 48.7 Å². The van der Waals surface area contributed by atoms with Gasteiger partial charge in [0.1, 0.15) is 5.82 Å². The number of hydrogen-bond donors (Lipinski definition) is 2. The summed E-state index contributed by atoms with van der Waals surface area (Å²) in [5, 5.41) is 13.5. The third kappa shape index (κ3) is 3.73. The average Bonchev–Trinajstić information content (AvgIpc) is 3.48. The fourth-order valence-electron chi connectivity index (χ4n) is 5.24. The summed E-state index contributed by atoms with van der Waals surface area (Å²) in [4.78, 5) is 28.2. The van der Waals surface area contributed by atoms with E-state index in [4.69, 9.17) is 11.6 Å². The van der Waals surface area contributed by atoms with Gasteiger partial charge in [-0.3, -0.25) is 9.78 Å². The van der Waals surface area contributed by atoms with Crippen molar-refractivity contribution in [3.63, 3.8) is 0 Å². The lowest BCUT2D eigenvalue weighted by molar-refractivity contribution is -0.118. The zero-order chi connectivity index (χ0) is 22.5. The molecular formula is C25H22ClFN2O3. The molecule has 2 aliphatic carbocycles. The average molecular weight is 453 g/mol. The van der Waals surface area contributed by atoms with Gasteiger partial charge in [-0.25, -0.2) is 9.18 Å². The molecule has 7 heteroatoms. The molecule has 0 radical (unpaired) electrons. The van der Waals surface area contributed by atoms with Crippen LogP contribution in [0, 0.1) is 17.2 Å². The minimum atomic E-state index is -1.30. The minimum Gasteiger partial charge on any atom is -0.478 e. The third-order valence-electron chi connectivity index (χ3n) is 7.13. The SMILES string of the molecule is O=C(O)c1cc2nccc(C3CCC4(CC3)C[C@H]4C(=O)Nc3ccc(Cl)cc3)c2cc1F. The van der Waals surface area contributed by atoms with E-state index in [-0.39, 0.29) is 28.7 Å². The number of halogens is 2. The van der Waals surface area contributed by atoms with Crippen LogP contribution in [0.25, 0.3) is 10.9 Å². The summed E-state index contributed by atoms with van der Waals surface area (Å²) in [6.07, 6.45) is 6.25. The molecule has 1 spiro atoms. The Balaban J connectivity index is 1.29. The Morgan fingerprint density at radius 2 is 1.84 bits per heavy atom. The van der Waals surface area contributed by atoms with Gasteiger partial charge in [-0.15, -0.1) is 0 Å². The molecule has 1 aromatic heterocycles. The van der Waals surface area contributed by atoms with Crippen molar-refractivity contribution in [2.75, 3.05) is 5.32 Å². The van der Waals surface area contributed by atoms with Gasteiger partial charge in [-0.1, -0.05) is 11.6 Å². The number of nitrogens with zero attached hydrogens (tertiary/aromatic N) is 1. The molecule has 164 valence electrons. The van der Waals surface area contributed by atoms with E-state index in [2.05, 4.69) is 10.3 Å². The molecule has 0 bridgehead atoms. The minimum absolute atomic E-state index is 0.0175. The standard InChI is InChI=1S/C25H22ClFN2O3/c26-15-1-3-16(4-2-15)29-23(30)20-13-25(20)8-5-14(6-9-25)17-7-10-28-22-12-19(24(31)32)21(27)11-18(17)22/h1-4,7,10-12,14,20H,5-6,8-9,13H2,(H,29,30)(H,31,32)/t14?,20-,25?/m0/s1. The molecule has 5 nitrogen and oxygen atoms in total. The smallest absolute Gasteiger partial charge is 0.338 e. The highest BCUT2D eigenvalue weighted by molar-refractivity contribution is 6.30. The normalized spacial score (nSPS) is 24.4. The highest BCUT2D eigenvalue weighted by atomic mass is 35.5. The van der Waals surface area contributed by atoms with E-state index >= 15 is 0 Å². The second-order valence-electron chi connectivity index (χ2n) is 8.94. The first-order valence-electron chi connectivity index (χ1n) is 10.7. The number of fused-ring (bicyclic) bond motifs is 1. The fraction of sp³-hybridized carbons (Fsp3) is 0.320. The topological polar surface area (TPSA) is 79.3 Å². The molecule has 2 saturated carbocycles. The van der Waals surface area contributed by atoms with Crippen molar-refractivity contribution < 1.29 is 19.1 Å². The van der Waals surface area contributed by atoms with Crippen molar-refractivity contribution >= 4 is 40.1 Å². The van der Waals surface area contributed by atoms with Gasteiger partial charge in [-0.2, -0.15) is 0 Å². The van der Waals surface area contributed by atoms with Crippen LogP contribution in [-0.2, 0) is 4.79 Å². The Morgan fingerprint density at radius 1 is 1.12 bits per heavy atom. The van der Waals surface area contributed by atoms with Gasteiger partial charge in [0.15, 0.2) is 0 Å². The van der Waals surface area contributed by atoms with Gasteiger partial charge in [0.2, 0.25) is 5.91 Å². The van der Waals surface area contributed by atoms with E-state index in [0.717, 1.165) is 43.4 Å². The molecular weight excluding hydrogens is 431 g/mol. The molecule has 0 saturated heterocycles. The molecule has 2 N–H and O–H groups in total. The molecule has 2 aliphatic rings. The maximum atomic E-state index is 14.3. The zero-order valence-corrected chi connectivity index (χ0v) is 18.0. The molecule has 32 heavy (non-hydrogen) atoms. The van der Waals surface area contributed by atoms with Crippen LogP contribution in [0.2, 0.25) is 5.02 Å². The Bertz CT molecular complexity index is 1220. The van der Waals surface area contributed by atoms with Crippen molar-refractivity contribution in [1.29, 1.82) is 0 Å². The van der Waals surface area contributed by atoms with Crippen molar-refractivity contribution in [3.8, 4) is 0 Å². The van der Waals surface area contributed by atoms with Crippen LogP contribution in [-0.4, -0.2) is 22.0 Å². The quantitative estimate of drug-likeness (QED) is 0.506. The summed E-state index contributed by atoms with van der Waals surface area (Å²) in [6.45, 7) is 0. The Labute approximate surface area is 189 Å². The van der Waals surface area contributed by atoms with Crippen molar-refractivity contribution in [2.24, 2.45) is 11.3 Å². The second-order valence-corrected chi connectivity index (χ2v) is 9.38. The lowest BCUT2D eigenvalue weighted by Gasteiger charge is -2.30. The van der Waals surface area contributed by atoms with E-state index in [1.54, 1.807) is 30.5 Å². The highest BCUT2D eigenvalue weighted by Gasteiger charge is 2.58. The Morgan fingerprint density at radius 3 is 2.53 bits per heavy atom. The molecule has 3 aromatic rings. The maximum Gasteiger partial charge on any atom is 0.338 e. The Kier molecular flexibility index (Phi) is 5.13. The lowest BCUT2D eigenvalue weighted by atomic mass is 9.75. The second kappa shape index (κ2) is 7.85. The summed E-state index contributed by atoms with van der Waals surface area (Å²) in [6, 6.07) is 11.6. The number of pyridine rings is 1. The van der Waals surface area contributed by atoms with E-state index in [1.165, 1.54) is 12.1 Å². The van der Waals surface area contributed by atoms with Gasteiger partial charge >= 0.3 is 5.97 Å². The van der Waals surface area contributed by atoms with Crippen molar-refractivity contribution in [1.82, 2.24) is 4.98 Å². The summed E-state index contributed by atoms with van der Waals surface area (Å²) < 4.78 is 14.3. The number of amides is 1.